The van der Waals surface area contributed by atoms with Crippen LogP contribution in [0.2, 0.25) is 0 Å². The summed E-state index contributed by atoms with van der Waals surface area (Å²) < 4.78 is 39.3. The van der Waals surface area contributed by atoms with Crippen LogP contribution >= 0.6 is 0 Å². The number of hydrogen-bond donors (Lipinski definition) is 1. The molecule has 1 rings (SSSR count). The summed E-state index contributed by atoms with van der Waals surface area (Å²) in [6.45, 7) is 2.20. The highest BCUT2D eigenvalue weighted by molar-refractivity contribution is 5.42. The molecule has 0 saturated heterocycles. The Morgan fingerprint density at radius 2 is 1.90 bits per heavy atom. The Bertz CT molecular complexity index is 425. The van der Waals surface area contributed by atoms with Crippen LogP contribution in [0, 0.1) is 0 Å². The van der Waals surface area contributed by atoms with E-state index in [1.54, 1.807) is 19.2 Å². The third-order valence-electron chi connectivity index (χ3n) is 2.88. The second-order valence-electron chi connectivity index (χ2n) is 4.93. The van der Waals surface area contributed by atoms with Gasteiger partial charge < -0.3 is 19.5 Å². The second kappa shape index (κ2) is 7.40. The lowest BCUT2D eigenvalue weighted by Gasteiger charge is -2.23. The summed E-state index contributed by atoms with van der Waals surface area (Å²) in [4.78, 5) is 0. The van der Waals surface area contributed by atoms with Gasteiger partial charge in [0.15, 0.2) is 11.5 Å². The third-order valence-corrected chi connectivity index (χ3v) is 2.88. The van der Waals surface area contributed by atoms with Gasteiger partial charge in [0.1, 0.15) is 0 Å². The van der Waals surface area contributed by atoms with E-state index in [0.29, 0.717) is 13.1 Å². The largest absolute Gasteiger partial charge is 0.493 e. The highest BCUT2D eigenvalue weighted by Gasteiger charge is 2.16. The van der Waals surface area contributed by atoms with E-state index in [9.17, 15) is 8.78 Å². The lowest BCUT2D eigenvalue weighted by atomic mass is 10.1. The molecule has 0 atom stereocenters. The minimum absolute atomic E-state index is 0.0350. The van der Waals surface area contributed by atoms with Crippen LogP contribution in [0.3, 0.4) is 0 Å². The average molecular weight is 289 g/mol. The van der Waals surface area contributed by atoms with Crippen molar-refractivity contribution >= 4 is 0 Å². The summed E-state index contributed by atoms with van der Waals surface area (Å²) in [6, 6.07) is 4.94. The van der Waals surface area contributed by atoms with Crippen molar-refractivity contribution in [2.24, 2.45) is 0 Å². The first-order valence-electron chi connectivity index (χ1n) is 6.25. The Hall–Kier alpha value is -1.40. The molecule has 6 heteroatoms. The molecular weight excluding hydrogens is 268 g/mol. The van der Waals surface area contributed by atoms with Gasteiger partial charge in [-0.2, -0.15) is 8.78 Å². The van der Waals surface area contributed by atoms with Crippen LogP contribution in [0.15, 0.2) is 18.2 Å². The molecule has 0 aliphatic carbocycles. The van der Waals surface area contributed by atoms with E-state index in [1.807, 2.05) is 13.8 Å². The zero-order valence-electron chi connectivity index (χ0n) is 12.2. The summed E-state index contributed by atoms with van der Waals surface area (Å²) in [5.74, 6) is 0.319. The standard InChI is InChI=1S/C14H21F2NO3/c1-14(2,19-4)9-17-8-10-5-6-11(18-3)12(7-10)20-13(15)16/h5-7,13,17H,8-9H2,1-4H3. The van der Waals surface area contributed by atoms with Gasteiger partial charge in [0.25, 0.3) is 0 Å². The summed E-state index contributed by atoms with van der Waals surface area (Å²) >= 11 is 0. The van der Waals surface area contributed by atoms with Crippen molar-refractivity contribution in [1.82, 2.24) is 5.32 Å². The van der Waals surface area contributed by atoms with Crippen molar-refractivity contribution in [3.8, 4) is 11.5 Å². The lowest BCUT2D eigenvalue weighted by molar-refractivity contribution is -0.0512. The van der Waals surface area contributed by atoms with Crippen LogP contribution < -0.4 is 14.8 Å². The van der Waals surface area contributed by atoms with Gasteiger partial charge in [-0.3, -0.25) is 0 Å². The van der Waals surface area contributed by atoms with Crippen LogP contribution in [0.1, 0.15) is 19.4 Å². The van der Waals surface area contributed by atoms with Crippen molar-refractivity contribution in [3.63, 3.8) is 0 Å². The van der Waals surface area contributed by atoms with Crippen LogP contribution in [0.25, 0.3) is 0 Å². The van der Waals surface area contributed by atoms with Gasteiger partial charge in [-0.1, -0.05) is 6.07 Å². The van der Waals surface area contributed by atoms with Gasteiger partial charge in [-0.25, -0.2) is 0 Å². The van der Waals surface area contributed by atoms with E-state index in [0.717, 1.165) is 5.56 Å². The zero-order chi connectivity index (χ0) is 15.2. The number of benzene rings is 1. The van der Waals surface area contributed by atoms with Gasteiger partial charge in [0.2, 0.25) is 0 Å². The molecular formula is C14H21F2NO3. The molecule has 1 N–H and O–H groups in total. The Morgan fingerprint density at radius 1 is 1.20 bits per heavy atom. The van der Waals surface area contributed by atoms with Crippen molar-refractivity contribution in [2.75, 3.05) is 20.8 Å². The van der Waals surface area contributed by atoms with Gasteiger partial charge in [-0.05, 0) is 31.5 Å². The summed E-state index contributed by atoms with van der Waals surface area (Å²) in [5.41, 5.74) is 0.544. The number of hydrogen-bond acceptors (Lipinski definition) is 4. The highest BCUT2D eigenvalue weighted by Crippen LogP contribution is 2.29. The first-order chi connectivity index (χ1) is 9.38. The maximum absolute atomic E-state index is 12.3. The fraction of sp³-hybridized carbons (Fsp3) is 0.571. The predicted molar refractivity (Wildman–Crippen MR) is 72.4 cm³/mol. The second-order valence-corrected chi connectivity index (χ2v) is 4.93. The summed E-state index contributed by atoms with van der Waals surface area (Å²) in [5, 5.41) is 3.20. The molecule has 1 aromatic rings. The maximum atomic E-state index is 12.3. The van der Waals surface area contributed by atoms with E-state index in [1.165, 1.54) is 13.2 Å². The topological polar surface area (TPSA) is 39.7 Å². The molecule has 0 heterocycles. The molecule has 0 radical (unpaired) electrons. The molecule has 20 heavy (non-hydrogen) atoms. The van der Waals surface area contributed by atoms with Gasteiger partial charge in [0.05, 0.1) is 12.7 Å². The first kappa shape index (κ1) is 16.7. The number of rotatable bonds is 8. The summed E-state index contributed by atoms with van der Waals surface area (Å²) in [6.07, 6.45) is 0. The molecule has 0 aromatic heterocycles. The molecule has 0 bridgehead atoms. The Morgan fingerprint density at radius 3 is 2.45 bits per heavy atom. The quantitative estimate of drug-likeness (QED) is 0.799. The van der Waals surface area contributed by atoms with E-state index >= 15 is 0 Å². The monoisotopic (exact) mass is 289 g/mol. The molecule has 0 fully saturated rings. The van der Waals surface area contributed by atoms with Crippen molar-refractivity contribution in [3.05, 3.63) is 23.8 Å². The van der Waals surface area contributed by atoms with Crippen LogP contribution in [0.5, 0.6) is 11.5 Å². The average Bonchev–Trinajstić information content (AvgIpc) is 2.38. The predicted octanol–water partition coefficient (Wildman–Crippen LogP) is 2.81. The number of nitrogens with one attached hydrogen (secondary N) is 1. The molecule has 0 spiro atoms. The van der Waals surface area contributed by atoms with E-state index in [-0.39, 0.29) is 17.1 Å². The molecule has 1 aromatic carbocycles. The minimum Gasteiger partial charge on any atom is -0.493 e. The first-order valence-corrected chi connectivity index (χ1v) is 6.25. The Balaban J connectivity index is 2.67. The molecule has 0 aliphatic heterocycles. The molecule has 114 valence electrons. The third kappa shape index (κ3) is 5.30. The van der Waals surface area contributed by atoms with Crippen molar-refractivity contribution < 1.29 is 23.0 Å². The van der Waals surface area contributed by atoms with Crippen LogP contribution in [-0.2, 0) is 11.3 Å². The maximum Gasteiger partial charge on any atom is 0.387 e. The highest BCUT2D eigenvalue weighted by atomic mass is 19.3. The molecule has 0 amide bonds. The number of ether oxygens (including phenoxy) is 3. The van der Waals surface area contributed by atoms with Crippen LogP contribution in [-0.4, -0.2) is 33.0 Å². The van der Waals surface area contributed by atoms with Crippen molar-refractivity contribution in [1.29, 1.82) is 0 Å². The van der Waals surface area contributed by atoms with E-state index in [4.69, 9.17) is 9.47 Å². The lowest BCUT2D eigenvalue weighted by Crippen LogP contribution is -2.36. The SMILES string of the molecule is COc1ccc(CNCC(C)(C)OC)cc1OC(F)F. The molecule has 0 aliphatic rings. The van der Waals surface area contributed by atoms with Gasteiger partial charge in [-0.15, -0.1) is 0 Å². The Labute approximate surface area is 118 Å². The van der Waals surface area contributed by atoms with Crippen LogP contribution in [0.4, 0.5) is 8.78 Å². The number of halogens is 2. The Kier molecular flexibility index (Phi) is 6.16. The molecule has 0 saturated carbocycles. The smallest absolute Gasteiger partial charge is 0.387 e. The minimum atomic E-state index is -2.88. The van der Waals surface area contributed by atoms with E-state index < -0.39 is 6.61 Å². The van der Waals surface area contributed by atoms with Gasteiger partial charge >= 0.3 is 6.61 Å². The fourth-order valence-corrected chi connectivity index (χ4v) is 1.60. The number of methoxy groups -OCH3 is 2. The van der Waals surface area contributed by atoms with Crippen molar-refractivity contribution in [2.45, 2.75) is 32.6 Å². The number of alkyl halides is 2. The zero-order valence-corrected chi connectivity index (χ0v) is 12.2. The normalized spacial score (nSPS) is 11.8. The fourth-order valence-electron chi connectivity index (χ4n) is 1.60. The molecule has 0 unspecified atom stereocenters. The molecule has 4 nitrogen and oxygen atoms in total. The summed E-state index contributed by atoms with van der Waals surface area (Å²) in [7, 11) is 3.05. The van der Waals surface area contributed by atoms with Gasteiger partial charge in [0, 0.05) is 20.2 Å². The van der Waals surface area contributed by atoms with E-state index in [2.05, 4.69) is 10.1 Å².